The van der Waals surface area contributed by atoms with Crippen molar-refractivity contribution in [1.29, 1.82) is 0 Å². The van der Waals surface area contributed by atoms with Crippen LogP contribution in [0.15, 0.2) is 23.6 Å². The topological polar surface area (TPSA) is 188 Å². The number of hydrogen-bond donors (Lipinski definition) is 4. The number of ether oxygens (including phenoxy) is 3. The Hall–Kier alpha value is -4.45. The van der Waals surface area contributed by atoms with Gasteiger partial charge in [0.15, 0.2) is 5.13 Å². The molecule has 3 amide bonds. The number of likely N-dealkylation sites (N-methyl/N-ethyl adjacent to an activating group) is 1. The standard InChI is InChI=1S/C46H63ClN8O8S/c1-8-28-22-46(28,42(58)59)52-40(56)34-20-30(23-55(34)41(57)39(45(4,5)6)51-44(60)63-29-18-26-17-27(26)19-29)62-36-21-32(33-24-64-43(50-33)48-25(2)3)49-38-31(36)9-10-35(37(38)47)61-16-15-54-13-11-53(7)12-14-54/h9-10,21,24-30,34,39H,8,11-20,22-23H2,1-7H3,(H,48,50)(H,51,60)(H,52,56)(H,58,59)/t26-,27+,28-,29?,30-,34+,39-,46?/m1/s1. The third-order valence-electron chi connectivity index (χ3n) is 13.6. The lowest BCUT2D eigenvalue weighted by Crippen LogP contribution is -2.59. The van der Waals surface area contributed by atoms with Gasteiger partial charge in [0.2, 0.25) is 11.8 Å². The molecule has 8 rings (SSSR count). The van der Waals surface area contributed by atoms with Gasteiger partial charge in [-0.1, -0.05) is 45.7 Å². The molecule has 1 aromatic carbocycles. The first-order valence-corrected chi connectivity index (χ1v) is 24.1. The smallest absolute Gasteiger partial charge is 0.408 e. The Bertz CT molecular complexity index is 2240. The second kappa shape index (κ2) is 18.4. The van der Waals surface area contributed by atoms with Crippen LogP contribution in [0.4, 0.5) is 9.93 Å². The maximum Gasteiger partial charge on any atom is 0.408 e. The number of anilines is 1. The highest BCUT2D eigenvalue weighted by molar-refractivity contribution is 7.14. The zero-order valence-corrected chi connectivity index (χ0v) is 39.5. The second-order valence-electron chi connectivity index (χ2n) is 19.9. The van der Waals surface area contributed by atoms with E-state index in [0.717, 1.165) is 50.7 Å². The zero-order valence-electron chi connectivity index (χ0n) is 37.9. The highest BCUT2D eigenvalue weighted by Crippen LogP contribution is 2.52. The number of hydrogen-bond acceptors (Lipinski definition) is 13. The Labute approximate surface area is 384 Å². The van der Waals surface area contributed by atoms with Crippen molar-refractivity contribution >= 4 is 62.8 Å². The van der Waals surface area contributed by atoms with Crippen molar-refractivity contribution in [3.05, 3.63) is 28.6 Å². The number of benzene rings is 1. The molecule has 3 aliphatic carbocycles. The summed E-state index contributed by atoms with van der Waals surface area (Å²) in [4.78, 5) is 71.0. The monoisotopic (exact) mass is 922 g/mol. The number of rotatable bonds is 16. The molecule has 16 nitrogen and oxygen atoms in total. The van der Waals surface area contributed by atoms with Crippen molar-refractivity contribution in [3.8, 4) is 22.9 Å². The van der Waals surface area contributed by atoms with Crippen molar-refractivity contribution in [3.63, 3.8) is 0 Å². The predicted octanol–water partition coefficient (Wildman–Crippen LogP) is 6.12. The average molecular weight is 924 g/mol. The van der Waals surface area contributed by atoms with Gasteiger partial charge in [-0.3, -0.25) is 14.5 Å². The molecule has 5 aliphatic rings. The molecule has 5 fully saturated rings. The van der Waals surface area contributed by atoms with E-state index in [2.05, 4.69) is 32.8 Å². The van der Waals surface area contributed by atoms with Crippen molar-refractivity contribution in [2.45, 2.75) is 116 Å². The first kappa shape index (κ1) is 46.1. The zero-order chi connectivity index (χ0) is 45.7. The largest absolute Gasteiger partial charge is 0.491 e. The van der Waals surface area contributed by atoms with Gasteiger partial charge in [-0.25, -0.2) is 19.6 Å². The number of nitrogens with one attached hydrogen (secondary N) is 3. The van der Waals surface area contributed by atoms with Crippen molar-refractivity contribution < 1.29 is 38.5 Å². The molecule has 64 heavy (non-hydrogen) atoms. The van der Waals surface area contributed by atoms with Gasteiger partial charge in [0.1, 0.15) is 58.7 Å². The Kier molecular flexibility index (Phi) is 13.3. The summed E-state index contributed by atoms with van der Waals surface area (Å²) < 4.78 is 18.9. The van der Waals surface area contributed by atoms with Gasteiger partial charge < -0.3 is 45.1 Å². The van der Waals surface area contributed by atoms with E-state index in [0.29, 0.717) is 70.1 Å². The van der Waals surface area contributed by atoms with Crippen LogP contribution in [0.2, 0.25) is 5.02 Å². The quantitative estimate of drug-likeness (QED) is 0.129. The molecule has 2 unspecified atom stereocenters. The van der Waals surface area contributed by atoms with Crippen molar-refractivity contribution in [2.24, 2.45) is 23.2 Å². The molecule has 4 heterocycles. The molecule has 2 aliphatic heterocycles. The number of piperazine rings is 1. The van der Waals surface area contributed by atoms with Crippen LogP contribution in [0.25, 0.3) is 22.3 Å². The van der Waals surface area contributed by atoms with E-state index in [1.54, 1.807) is 12.1 Å². The molecule has 348 valence electrons. The average Bonchev–Trinajstić information content (AvgIpc) is 3.91. The Balaban J connectivity index is 1.09. The highest BCUT2D eigenvalue weighted by atomic mass is 35.5. The molecular weight excluding hydrogens is 860 g/mol. The number of nitrogens with zero attached hydrogens (tertiary/aromatic N) is 5. The number of halogens is 1. The molecule has 3 saturated carbocycles. The lowest BCUT2D eigenvalue weighted by molar-refractivity contribution is -0.146. The van der Waals surface area contributed by atoms with Gasteiger partial charge in [-0.2, -0.15) is 0 Å². The summed E-state index contributed by atoms with van der Waals surface area (Å²) in [6.45, 7) is 16.6. The van der Waals surface area contributed by atoms with Gasteiger partial charge in [0, 0.05) is 62.0 Å². The van der Waals surface area contributed by atoms with Gasteiger partial charge in [-0.15, -0.1) is 11.3 Å². The number of aromatic nitrogens is 2. The summed E-state index contributed by atoms with van der Waals surface area (Å²) in [7, 11) is 2.12. The lowest BCUT2D eigenvalue weighted by atomic mass is 9.85. The summed E-state index contributed by atoms with van der Waals surface area (Å²) >= 11 is 8.59. The van der Waals surface area contributed by atoms with E-state index < -0.39 is 53.0 Å². The van der Waals surface area contributed by atoms with Gasteiger partial charge in [0.05, 0.1) is 17.8 Å². The molecule has 0 spiro atoms. The number of carboxylic acids is 1. The number of pyridine rings is 1. The van der Waals surface area contributed by atoms with Crippen LogP contribution in [-0.2, 0) is 19.1 Å². The second-order valence-corrected chi connectivity index (χ2v) is 21.1. The van der Waals surface area contributed by atoms with Crippen molar-refractivity contribution in [2.75, 3.05) is 58.2 Å². The predicted molar refractivity (Wildman–Crippen MR) is 245 cm³/mol. The fraction of sp³-hybridized carbons (Fsp3) is 0.652. The third kappa shape index (κ3) is 10.0. The number of amides is 3. The fourth-order valence-electron chi connectivity index (χ4n) is 9.63. The number of aliphatic carboxylic acids is 1. The van der Waals surface area contributed by atoms with Crippen LogP contribution < -0.4 is 25.4 Å². The van der Waals surface area contributed by atoms with E-state index in [1.165, 1.54) is 22.7 Å². The maximum absolute atomic E-state index is 14.8. The molecule has 2 saturated heterocycles. The number of fused-ring (bicyclic) bond motifs is 2. The number of carbonyl (C=O) groups is 4. The Morgan fingerprint density at radius 2 is 1.73 bits per heavy atom. The molecule has 2 aromatic heterocycles. The van der Waals surface area contributed by atoms with Crippen LogP contribution >= 0.6 is 22.9 Å². The molecule has 3 aromatic rings. The molecular formula is C46H63ClN8O8S. The number of carbonyl (C=O) groups excluding carboxylic acids is 3. The fourth-order valence-corrected chi connectivity index (χ4v) is 10.7. The van der Waals surface area contributed by atoms with Crippen LogP contribution in [0.1, 0.15) is 80.1 Å². The minimum atomic E-state index is -1.42. The van der Waals surface area contributed by atoms with Crippen LogP contribution in [0.5, 0.6) is 11.5 Å². The lowest BCUT2D eigenvalue weighted by Gasteiger charge is -2.35. The summed E-state index contributed by atoms with van der Waals surface area (Å²) in [5.74, 6) is -0.332. The van der Waals surface area contributed by atoms with Crippen molar-refractivity contribution in [1.82, 2.24) is 35.3 Å². The molecule has 8 atom stereocenters. The minimum Gasteiger partial charge on any atom is -0.491 e. The number of carboxylic acid groups (broad SMARTS) is 1. The van der Waals surface area contributed by atoms with Crippen LogP contribution in [0.3, 0.4) is 0 Å². The normalized spacial score (nSPS) is 27.2. The summed E-state index contributed by atoms with van der Waals surface area (Å²) in [6.07, 6.45) is 2.14. The molecule has 18 heteroatoms. The third-order valence-corrected chi connectivity index (χ3v) is 14.7. The Morgan fingerprint density at radius 1 is 1.00 bits per heavy atom. The van der Waals surface area contributed by atoms with E-state index in [-0.39, 0.29) is 31.0 Å². The molecule has 0 bridgehead atoms. The molecule has 4 N–H and O–H groups in total. The van der Waals surface area contributed by atoms with Crippen LogP contribution in [0, 0.1) is 23.2 Å². The Morgan fingerprint density at radius 3 is 2.39 bits per heavy atom. The van der Waals surface area contributed by atoms with E-state index in [1.807, 2.05) is 53.0 Å². The first-order chi connectivity index (χ1) is 30.4. The summed E-state index contributed by atoms with van der Waals surface area (Å²) in [5, 5.41) is 22.8. The maximum atomic E-state index is 14.8. The highest BCUT2D eigenvalue weighted by Gasteiger charge is 2.61. The number of likely N-dealkylation sites (tertiary alicyclic amines) is 1. The van der Waals surface area contributed by atoms with E-state index in [4.69, 9.17) is 35.8 Å². The minimum absolute atomic E-state index is 0.0248. The molecule has 0 radical (unpaired) electrons. The van der Waals surface area contributed by atoms with Gasteiger partial charge in [-0.05, 0) is 81.9 Å². The summed E-state index contributed by atoms with van der Waals surface area (Å²) in [6, 6.07) is 3.43. The van der Waals surface area contributed by atoms with Crippen LogP contribution in [-0.4, -0.2) is 142 Å². The van der Waals surface area contributed by atoms with E-state index in [9.17, 15) is 24.3 Å². The number of thiazole rings is 1. The number of alkyl carbamates (subject to hydrolysis) is 1. The van der Waals surface area contributed by atoms with Gasteiger partial charge >= 0.3 is 12.1 Å². The van der Waals surface area contributed by atoms with Gasteiger partial charge in [0.25, 0.3) is 0 Å². The summed E-state index contributed by atoms with van der Waals surface area (Å²) in [5.41, 5.74) is -0.650. The first-order valence-electron chi connectivity index (χ1n) is 22.8. The van der Waals surface area contributed by atoms with E-state index >= 15 is 0 Å². The SMILES string of the molecule is CC[C@@H]1CC1(NC(=O)[C@@H]1C[C@@H](Oc2cc(-c3csc(NC(C)C)n3)nc3c(Cl)c(OCCN4CCN(C)CC4)ccc23)CN1C(=O)[C@@H](NC(=O)OC1C[C@@H]2C[C@@H]2C1)C(C)(C)C)C(=O)O.